The van der Waals surface area contributed by atoms with Gasteiger partial charge in [-0.3, -0.25) is 0 Å². The van der Waals surface area contributed by atoms with Crippen molar-refractivity contribution in [1.29, 1.82) is 0 Å². The van der Waals surface area contributed by atoms with Crippen molar-refractivity contribution < 1.29 is 8.83 Å². The molecule has 3 nitrogen and oxygen atoms in total. The molecule has 0 amide bonds. The Hall–Kier alpha value is -7.10. The van der Waals surface area contributed by atoms with Crippen LogP contribution in [0.2, 0.25) is 0 Å². The minimum atomic E-state index is 0.862. The van der Waals surface area contributed by atoms with E-state index in [0.717, 1.165) is 93.8 Å². The van der Waals surface area contributed by atoms with Gasteiger partial charge in [0.2, 0.25) is 0 Å². The van der Waals surface area contributed by atoms with Crippen LogP contribution in [0, 0.1) is 0 Å². The molecule has 2 aromatic heterocycles. The second kappa shape index (κ2) is 11.7. The Morgan fingerprint density at radius 1 is 0.340 bits per heavy atom. The molecule has 0 saturated carbocycles. The first-order valence-corrected chi connectivity index (χ1v) is 18.0. The highest BCUT2D eigenvalue weighted by atomic mass is 16.3. The highest BCUT2D eigenvalue weighted by Gasteiger charge is 2.21. The van der Waals surface area contributed by atoms with E-state index in [-0.39, 0.29) is 0 Å². The lowest BCUT2D eigenvalue weighted by atomic mass is 9.97. The maximum Gasteiger partial charge on any atom is 0.143 e. The van der Waals surface area contributed by atoms with Gasteiger partial charge in [-0.05, 0) is 87.6 Å². The Kier molecular flexibility index (Phi) is 6.55. The fraction of sp³-hybridized carbons (Fsp3) is 0. The SMILES string of the molecule is c1ccc(-c2cccc(N(c3ccc(-c4cccc5oc6c7ccccc7ccc6c45)cc3)c3cccc4oc5c6ccccc6ccc5c34)c2)cc1. The maximum atomic E-state index is 6.66. The van der Waals surface area contributed by atoms with Crippen LogP contribution in [0.4, 0.5) is 17.1 Å². The summed E-state index contributed by atoms with van der Waals surface area (Å²) in [6.07, 6.45) is 0. The van der Waals surface area contributed by atoms with E-state index in [1.165, 1.54) is 10.9 Å². The summed E-state index contributed by atoms with van der Waals surface area (Å²) in [4.78, 5) is 2.36. The Bertz CT molecular complexity index is 3170. The van der Waals surface area contributed by atoms with Crippen LogP contribution in [0.15, 0.2) is 197 Å². The maximum absolute atomic E-state index is 6.66. The van der Waals surface area contributed by atoms with Gasteiger partial charge in [0.1, 0.15) is 22.3 Å². The van der Waals surface area contributed by atoms with Crippen molar-refractivity contribution in [3.63, 3.8) is 0 Å². The minimum absolute atomic E-state index is 0.862. The number of rotatable bonds is 5. The summed E-state index contributed by atoms with van der Waals surface area (Å²) in [5, 5.41) is 9.03. The number of fused-ring (bicyclic) bond motifs is 10. The average Bonchev–Trinajstić information content (AvgIpc) is 3.82. The molecular formula is C50H31NO2. The third-order valence-corrected chi connectivity index (χ3v) is 10.6. The Balaban J connectivity index is 1.11. The van der Waals surface area contributed by atoms with E-state index >= 15 is 0 Å². The smallest absolute Gasteiger partial charge is 0.143 e. The van der Waals surface area contributed by atoms with Crippen LogP contribution in [-0.2, 0) is 0 Å². The number of furan rings is 2. The zero-order valence-electron chi connectivity index (χ0n) is 28.7. The largest absolute Gasteiger partial charge is 0.455 e. The van der Waals surface area contributed by atoms with E-state index in [1.54, 1.807) is 0 Å². The van der Waals surface area contributed by atoms with Crippen molar-refractivity contribution in [2.24, 2.45) is 0 Å². The molecule has 248 valence electrons. The molecule has 9 aromatic carbocycles. The highest BCUT2D eigenvalue weighted by Crippen LogP contribution is 2.46. The Labute approximate surface area is 305 Å². The second-order valence-electron chi connectivity index (χ2n) is 13.7. The third-order valence-electron chi connectivity index (χ3n) is 10.6. The molecule has 0 N–H and O–H groups in total. The normalized spacial score (nSPS) is 11.8. The molecule has 0 spiro atoms. The van der Waals surface area contributed by atoms with Crippen molar-refractivity contribution in [3.8, 4) is 22.3 Å². The number of hydrogen-bond donors (Lipinski definition) is 0. The first-order valence-electron chi connectivity index (χ1n) is 18.0. The number of nitrogens with zero attached hydrogens (tertiary/aromatic N) is 1. The van der Waals surface area contributed by atoms with Crippen LogP contribution in [0.3, 0.4) is 0 Å². The molecule has 53 heavy (non-hydrogen) atoms. The van der Waals surface area contributed by atoms with Crippen LogP contribution in [0.1, 0.15) is 0 Å². The van der Waals surface area contributed by atoms with E-state index in [1.807, 2.05) is 0 Å². The molecule has 0 bridgehead atoms. The monoisotopic (exact) mass is 677 g/mol. The first kappa shape index (κ1) is 29.6. The highest BCUT2D eigenvalue weighted by molar-refractivity contribution is 6.20. The van der Waals surface area contributed by atoms with Gasteiger partial charge in [-0.2, -0.15) is 0 Å². The van der Waals surface area contributed by atoms with Gasteiger partial charge in [0.25, 0.3) is 0 Å². The average molecular weight is 678 g/mol. The summed E-state index contributed by atoms with van der Waals surface area (Å²) in [6.45, 7) is 0. The van der Waals surface area contributed by atoms with Gasteiger partial charge in [-0.25, -0.2) is 0 Å². The molecule has 11 aromatic rings. The van der Waals surface area contributed by atoms with Crippen molar-refractivity contribution in [2.45, 2.75) is 0 Å². The molecule has 0 fully saturated rings. The molecule has 0 radical (unpaired) electrons. The molecule has 0 aliphatic heterocycles. The van der Waals surface area contributed by atoms with Crippen LogP contribution >= 0.6 is 0 Å². The standard InChI is InChI=1S/C50H31NO2/c1-2-11-32(12-3-1)36-15-8-16-38(31-36)51(44-20-10-22-46-48(44)43-30-26-34-14-5-7-18-41(34)50(43)53-46)37-27-23-35(24-28-37)39-19-9-21-45-47(39)42-29-25-33-13-4-6-17-40(33)49(42)52-45/h1-31H. The fourth-order valence-corrected chi connectivity index (χ4v) is 8.19. The molecule has 0 unspecified atom stereocenters. The second-order valence-corrected chi connectivity index (χ2v) is 13.7. The molecule has 2 heterocycles. The van der Waals surface area contributed by atoms with E-state index in [9.17, 15) is 0 Å². The Morgan fingerprint density at radius 2 is 0.925 bits per heavy atom. The van der Waals surface area contributed by atoms with Crippen molar-refractivity contribution in [3.05, 3.63) is 188 Å². The minimum Gasteiger partial charge on any atom is -0.455 e. The Morgan fingerprint density at radius 3 is 1.64 bits per heavy atom. The summed E-state index contributed by atoms with van der Waals surface area (Å²) < 4.78 is 13.2. The summed E-state index contributed by atoms with van der Waals surface area (Å²) in [7, 11) is 0. The predicted molar refractivity (Wildman–Crippen MR) is 222 cm³/mol. The molecule has 0 aliphatic carbocycles. The lowest BCUT2D eigenvalue weighted by Crippen LogP contribution is -2.10. The van der Waals surface area contributed by atoms with Gasteiger partial charge >= 0.3 is 0 Å². The topological polar surface area (TPSA) is 29.5 Å². The number of hydrogen-bond acceptors (Lipinski definition) is 3. The van der Waals surface area contributed by atoms with Crippen molar-refractivity contribution in [1.82, 2.24) is 0 Å². The van der Waals surface area contributed by atoms with Gasteiger partial charge in [0.15, 0.2) is 0 Å². The van der Waals surface area contributed by atoms with E-state index in [2.05, 4.69) is 193 Å². The molecule has 0 atom stereocenters. The fourth-order valence-electron chi connectivity index (χ4n) is 8.19. The van der Waals surface area contributed by atoms with E-state index < -0.39 is 0 Å². The van der Waals surface area contributed by atoms with Gasteiger partial charge in [-0.15, -0.1) is 0 Å². The molecule has 0 saturated heterocycles. The third kappa shape index (κ3) is 4.68. The van der Waals surface area contributed by atoms with Crippen LogP contribution in [0.5, 0.6) is 0 Å². The number of anilines is 3. The summed E-state index contributed by atoms with van der Waals surface area (Å²) in [6, 6.07) is 66.7. The van der Waals surface area contributed by atoms with E-state index in [0.29, 0.717) is 0 Å². The lowest BCUT2D eigenvalue weighted by molar-refractivity contribution is 0.672. The zero-order chi connectivity index (χ0) is 34.9. The van der Waals surface area contributed by atoms with E-state index in [4.69, 9.17) is 8.83 Å². The molecule has 11 rings (SSSR count). The summed E-state index contributed by atoms with van der Waals surface area (Å²) >= 11 is 0. The summed E-state index contributed by atoms with van der Waals surface area (Å²) in [5.74, 6) is 0. The van der Waals surface area contributed by atoms with Gasteiger partial charge < -0.3 is 13.7 Å². The van der Waals surface area contributed by atoms with Crippen molar-refractivity contribution in [2.75, 3.05) is 4.90 Å². The van der Waals surface area contributed by atoms with Gasteiger partial charge in [-0.1, -0.05) is 133 Å². The summed E-state index contributed by atoms with van der Waals surface area (Å²) in [5.41, 5.74) is 11.4. The molecule has 0 aliphatic rings. The van der Waals surface area contributed by atoms with Crippen LogP contribution < -0.4 is 4.90 Å². The van der Waals surface area contributed by atoms with Gasteiger partial charge in [0.05, 0.1) is 11.1 Å². The zero-order valence-corrected chi connectivity index (χ0v) is 28.7. The van der Waals surface area contributed by atoms with Crippen molar-refractivity contribution >= 4 is 82.5 Å². The lowest BCUT2D eigenvalue weighted by Gasteiger charge is -2.27. The van der Waals surface area contributed by atoms with Crippen LogP contribution in [0.25, 0.3) is 87.7 Å². The number of benzene rings is 9. The van der Waals surface area contributed by atoms with Crippen LogP contribution in [-0.4, -0.2) is 0 Å². The first-order chi connectivity index (χ1) is 26.3. The van der Waals surface area contributed by atoms with Gasteiger partial charge in [0, 0.05) is 38.3 Å². The quantitative estimate of drug-likeness (QED) is 0.182. The molecular weight excluding hydrogens is 647 g/mol. The molecule has 3 heteroatoms. The predicted octanol–water partition coefficient (Wildman–Crippen LogP) is 14.6.